The van der Waals surface area contributed by atoms with Gasteiger partial charge < -0.3 is 23.7 Å². The Balaban J connectivity index is 1.21. The van der Waals surface area contributed by atoms with E-state index >= 15 is 0 Å². The van der Waals surface area contributed by atoms with Crippen molar-refractivity contribution in [2.75, 3.05) is 19.8 Å². The van der Waals surface area contributed by atoms with Gasteiger partial charge in [0.05, 0.1) is 25.4 Å². The summed E-state index contributed by atoms with van der Waals surface area (Å²) >= 11 is 0. The fourth-order valence-electron chi connectivity index (χ4n) is 4.60. The number of unbranched alkanes of at least 4 members (excludes halogenated alkanes) is 8. The van der Waals surface area contributed by atoms with Gasteiger partial charge >= 0.3 is 17.9 Å². The highest BCUT2D eigenvalue weighted by molar-refractivity contribution is 5.91. The summed E-state index contributed by atoms with van der Waals surface area (Å²) in [6.45, 7) is 8.75. The minimum atomic E-state index is -0.434. The zero-order valence-electron chi connectivity index (χ0n) is 25.1. The summed E-state index contributed by atoms with van der Waals surface area (Å²) in [5.41, 5.74) is 1.03. The fourth-order valence-corrected chi connectivity index (χ4v) is 4.60. The van der Waals surface area contributed by atoms with Gasteiger partial charge in [0.25, 0.3) is 0 Å². The van der Waals surface area contributed by atoms with Crippen LogP contribution in [-0.2, 0) is 19.1 Å². The van der Waals surface area contributed by atoms with Gasteiger partial charge in [-0.15, -0.1) is 0 Å². The maximum atomic E-state index is 12.5. The van der Waals surface area contributed by atoms with Crippen LogP contribution in [-0.4, -0.2) is 43.8 Å². The van der Waals surface area contributed by atoms with Gasteiger partial charge in [-0.2, -0.15) is 0 Å². The zero-order chi connectivity index (χ0) is 30.7. The minimum Gasteiger partial charge on any atom is -0.494 e. The molecule has 1 atom stereocenters. The molecule has 0 aromatic heterocycles. The van der Waals surface area contributed by atoms with E-state index in [0.717, 1.165) is 82.1 Å². The number of hydrogen-bond donors (Lipinski definition) is 0. The predicted octanol–water partition coefficient (Wildman–Crippen LogP) is 7.56. The van der Waals surface area contributed by atoms with E-state index in [1.165, 1.54) is 6.08 Å². The van der Waals surface area contributed by atoms with Crippen molar-refractivity contribution in [3.8, 4) is 17.2 Å². The molecule has 1 heterocycles. The van der Waals surface area contributed by atoms with Crippen LogP contribution in [0, 0.1) is 0 Å². The van der Waals surface area contributed by atoms with E-state index in [2.05, 4.69) is 13.2 Å². The number of benzene rings is 2. The molecule has 0 radical (unpaired) electrons. The topological polar surface area (TPSA) is 97.4 Å². The Morgan fingerprint density at radius 2 is 1.26 bits per heavy atom. The average Bonchev–Trinajstić information content (AvgIpc) is 3.34. The van der Waals surface area contributed by atoms with Crippen LogP contribution < -0.4 is 14.2 Å². The molecule has 3 rings (SSSR count). The van der Waals surface area contributed by atoms with Crippen molar-refractivity contribution in [1.29, 1.82) is 0 Å². The molecule has 8 heteroatoms. The number of hydrogen-bond acceptors (Lipinski definition) is 8. The molecule has 0 saturated carbocycles. The molecule has 2 aromatic rings. The lowest BCUT2D eigenvalue weighted by atomic mass is 10.1. The molecule has 0 bridgehead atoms. The molecule has 0 aliphatic carbocycles. The number of ether oxygens (including phenoxy) is 5. The van der Waals surface area contributed by atoms with Gasteiger partial charge in [0.15, 0.2) is 0 Å². The summed E-state index contributed by atoms with van der Waals surface area (Å²) in [6.07, 6.45) is 12.9. The Labute approximate surface area is 255 Å². The zero-order valence-corrected chi connectivity index (χ0v) is 25.1. The van der Waals surface area contributed by atoms with Crippen LogP contribution in [0.4, 0.5) is 0 Å². The molecule has 1 aliphatic rings. The highest BCUT2D eigenvalue weighted by Crippen LogP contribution is 2.24. The van der Waals surface area contributed by atoms with E-state index in [0.29, 0.717) is 43.1 Å². The summed E-state index contributed by atoms with van der Waals surface area (Å²) < 4.78 is 27.3. The molecule has 2 aromatic carbocycles. The van der Waals surface area contributed by atoms with E-state index in [4.69, 9.17) is 23.7 Å². The maximum absolute atomic E-state index is 12.5. The first kappa shape index (κ1) is 33.4. The van der Waals surface area contributed by atoms with Crippen molar-refractivity contribution in [2.24, 2.45) is 0 Å². The molecule has 0 spiro atoms. The largest absolute Gasteiger partial charge is 0.494 e. The van der Waals surface area contributed by atoms with E-state index in [9.17, 15) is 14.4 Å². The summed E-state index contributed by atoms with van der Waals surface area (Å²) in [7, 11) is 0. The second-order valence-electron chi connectivity index (χ2n) is 10.6. The molecule has 8 nitrogen and oxygen atoms in total. The number of rotatable bonds is 21. The van der Waals surface area contributed by atoms with Crippen LogP contribution >= 0.6 is 0 Å². The Morgan fingerprint density at radius 1 is 0.744 bits per heavy atom. The van der Waals surface area contributed by atoms with Crippen LogP contribution in [0.25, 0.3) is 0 Å². The summed E-state index contributed by atoms with van der Waals surface area (Å²) in [6, 6.07) is 14.0. The van der Waals surface area contributed by atoms with Gasteiger partial charge in [0.2, 0.25) is 0 Å². The van der Waals surface area contributed by atoms with Crippen molar-refractivity contribution in [3.63, 3.8) is 0 Å². The van der Waals surface area contributed by atoms with E-state index in [1.54, 1.807) is 48.5 Å². The van der Waals surface area contributed by atoms with Crippen molar-refractivity contribution in [3.05, 3.63) is 78.9 Å². The maximum Gasteiger partial charge on any atom is 0.343 e. The fraction of sp³-hybridized carbons (Fsp3) is 0.457. The van der Waals surface area contributed by atoms with Gasteiger partial charge in [-0.25, -0.2) is 14.4 Å². The average molecular weight is 593 g/mol. The van der Waals surface area contributed by atoms with Gasteiger partial charge in [0, 0.05) is 18.1 Å². The van der Waals surface area contributed by atoms with Gasteiger partial charge in [-0.3, -0.25) is 0 Å². The second kappa shape index (κ2) is 19.2. The van der Waals surface area contributed by atoms with Crippen LogP contribution in [0.5, 0.6) is 17.2 Å². The minimum absolute atomic E-state index is 0.0105. The first-order valence-corrected chi connectivity index (χ1v) is 15.3. The Hall–Kier alpha value is -4.07. The molecule has 43 heavy (non-hydrogen) atoms. The van der Waals surface area contributed by atoms with Crippen molar-refractivity contribution >= 4 is 17.9 Å². The lowest BCUT2D eigenvalue weighted by molar-refractivity contribution is -0.139. The smallest absolute Gasteiger partial charge is 0.343 e. The molecule has 1 unspecified atom stereocenters. The third kappa shape index (κ3) is 13.2. The monoisotopic (exact) mass is 592 g/mol. The number of cyclic esters (lactones) is 1. The molecule has 0 N–H and O–H groups in total. The Morgan fingerprint density at radius 3 is 1.81 bits per heavy atom. The summed E-state index contributed by atoms with van der Waals surface area (Å²) in [4.78, 5) is 34.9. The Kier molecular flexibility index (Phi) is 14.9. The molecule has 232 valence electrons. The third-order valence-electron chi connectivity index (χ3n) is 7.07. The van der Waals surface area contributed by atoms with Gasteiger partial charge in [-0.05, 0) is 80.6 Å². The second-order valence-corrected chi connectivity index (χ2v) is 10.6. The van der Waals surface area contributed by atoms with E-state index in [1.807, 2.05) is 0 Å². The third-order valence-corrected chi connectivity index (χ3v) is 7.07. The molecular formula is C35H44O8. The van der Waals surface area contributed by atoms with Gasteiger partial charge in [-0.1, -0.05) is 51.7 Å². The first-order valence-electron chi connectivity index (χ1n) is 15.3. The van der Waals surface area contributed by atoms with E-state index in [-0.39, 0.29) is 18.0 Å². The van der Waals surface area contributed by atoms with Crippen LogP contribution in [0.1, 0.15) is 87.4 Å². The van der Waals surface area contributed by atoms with Crippen LogP contribution in [0.3, 0.4) is 0 Å². The van der Waals surface area contributed by atoms with Crippen molar-refractivity contribution in [1.82, 2.24) is 0 Å². The molecule has 1 aliphatic heterocycles. The lowest BCUT2D eigenvalue weighted by Crippen LogP contribution is -2.08. The summed E-state index contributed by atoms with van der Waals surface area (Å²) in [5, 5.41) is 0. The SMILES string of the molecule is C=CC(=O)OCCCCCCCOc1ccc(OC(=O)c2ccc(OCCCCCCCC3CC(=C)C(=O)O3)cc2)cc1. The standard InChI is InChI=1S/C35H44O8/c1-3-33(36)41-25-13-9-5-8-12-24-40-30-19-21-31(22-20-30)42-35(38)28-15-17-29(18-16-28)39-23-11-7-4-6-10-14-32-26-27(2)34(37)43-32/h3,15-22,32H,1-2,4-14,23-26H2. The van der Waals surface area contributed by atoms with Crippen LogP contribution in [0.15, 0.2) is 73.3 Å². The quantitative estimate of drug-likeness (QED) is 0.0634. The normalized spacial score (nSPS) is 14.2. The van der Waals surface area contributed by atoms with Crippen molar-refractivity contribution < 1.29 is 38.1 Å². The number of carbonyl (C=O) groups excluding carboxylic acids is 3. The van der Waals surface area contributed by atoms with Crippen molar-refractivity contribution in [2.45, 2.75) is 83.2 Å². The molecule has 1 saturated heterocycles. The number of esters is 3. The first-order chi connectivity index (χ1) is 20.9. The lowest BCUT2D eigenvalue weighted by Gasteiger charge is -2.09. The van der Waals surface area contributed by atoms with E-state index < -0.39 is 5.97 Å². The highest BCUT2D eigenvalue weighted by Gasteiger charge is 2.26. The molecule has 0 amide bonds. The summed E-state index contributed by atoms with van der Waals surface area (Å²) in [5.74, 6) is 0.832. The Bertz CT molecular complexity index is 1150. The van der Waals surface area contributed by atoms with Crippen LogP contribution in [0.2, 0.25) is 0 Å². The number of carbonyl (C=O) groups is 3. The molecule has 1 fully saturated rings. The van der Waals surface area contributed by atoms with Gasteiger partial charge in [0.1, 0.15) is 23.4 Å². The predicted molar refractivity (Wildman–Crippen MR) is 164 cm³/mol. The highest BCUT2D eigenvalue weighted by atomic mass is 16.6. The molecular weight excluding hydrogens is 548 g/mol.